The van der Waals surface area contributed by atoms with Gasteiger partial charge in [0, 0.05) is 6.20 Å². The van der Waals surface area contributed by atoms with E-state index in [0.29, 0.717) is 0 Å². The maximum absolute atomic E-state index is 12.8. The van der Waals surface area contributed by atoms with Gasteiger partial charge in [0.1, 0.15) is 4.60 Å². The van der Waals surface area contributed by atoms with E-state index in [-0.39, 0.29) is 4.60 Å². The number of halogens is 4. The smallest absolute Gasteiger partial charge is 0.267 e. The summed E-state index contributed by atoms with van der Waals surface area (Å²) in [6.07, 6.45) is -1.97. The zero-order valence-corrected chi connectivity index (χ0v) is 7.28. The van der Waals surface area contributed by atoms with Crippen LogP contribution in [-0.4, -0.2) is 4.98 Å². The zero-order valence-electron chi connectivity index (χ0n) is 5.69. The van der Waals surface area contributed by atoms with E-state index in [1.807, 2.05) is 0 Å². The van der Waals surface area contributed by atoms with E-state index >= 15 is 0 Å². The molecule has 12 heavy (non-hydrogen) atoms. The molecule has 0 bridgehead atoms. The number of alkyl halides is 2. The number of nitrogens with zero attached hydrogens (tertiary/aromatic N) is 1. The summed E-state index contributed by atoms with van der Waals surface area (Å²) < 4.78 is 36.7. The average molecular weight is 241 g/mol. The van der Waals surface area contributed by atoms with Crippen LogP contribution in [0.2, 0.25) is 0 Å². The molecular formula is C6H4BrF3N2. The fourth-order valence-corrected chi connectivity index (χ4v) is 0.980. The van der Waals surface area contributed by atoms with Crippen molar-refractivity contribution in [3.8, 4) is 0 Å². The van der Waals surface area contributed by atoms with Crippen LogP contribution in [0, 0.1) is 5.82 Å². The molecule has 0 fully saturated rings. The number of nitrogens with two attached hydrogens (primary N) is 1. The summed E-state index contributed by atoms with van der Waals surface area (Å²) in [5.74, 6) is -0.951. The van der Waals surface area contributed by atoms with Crippen molar-refractivity contribution < 1.29 is 13.2 Å². The molecule has 0 aromatic carbocycles. The number of hydrogen-bond acceptors (Lipinski definition) is 2. The van der Waals surface area contributed by atoms with Gasteiger partial charge in [0.2, 0.25) is 0 Å². The van der Waals surface area contributed by atoms with Gasteiger partial charge in [-0.1, -0.05) is 0 Å². The number of nitrogen functional groups attached to an aromatic ring is 1. The Bertz CT molecular complexity index is 303. The highest BCUT2D eigenvalue weighted by molar-refractivity contribution is 9.10. The quantitative estimate of drug-likeness (QED) is 0.767. The van der Waals surface area contributed by atoms with Crippen molar-refractivity contribution in [2.45, 2.75) is 6.43 Å². The van der Waals surface area contributed by atoms with E-state index in [0.717, 1.165) is 6.20 Å². The molecule has 66 valence electrons. The molecule has 0 saturated heterocycles. The van der Waals surface area contributed by atoms with Crippen molar-refractivity contribution in [1.29, 1.82) is 0 Å². The molecule has 1 aromatic rings. The van der Waals surface area contributed by atoms with E-state index in [9.17, 15) is 13.2 Å². The fourth-order valence-electron chi connectivity index (χ4n) is 0.664. The van der Waals surface area contributed by atoms with Crippen LogP contribution in [0.1, 0.15) is 12.0 Å². The second-order valence-corrected chi connectivity index (χ2v) is 2.78. The first-order valence-corrected chi connectivity index (χ1v) is 3.71. The summed E-state index contributed by atoms with van der Waals surface area (Å²) in [4.78, 5) is 3.34. The first-order valence-electron chi connectivity index (χ1n) is 2.91. The van der Waals surface area contributed by atoms with Crippen LogP contribution >= 0.6 is 15.9 Å². The third-order valence-corrected chi connectivity index (χ3v) is 1.83. The van der Waals surface area contributed by atoms with Crippen LogP contribution in [-0.2, 0) is 0 Å². The molecule has 0 saturated carbocycles. The van der Waals surface area contributed by atoms with Gasteiger partial charge in [-0.15, -0.1) is 0 Å². The van der Waals surface area contributed by atoms with Gasteiger partial charge >= 0.3 is 0 Å². The van der Waals surface area contributed by atoms with Gasteiger partial charge < -0.3 is 5.73 Å². The van der Waals surface area contributed by atoms with Gasteiger partial charge in [0.05, 0.1) is 11.3 Å². The van der Waals surface area contributed by atoms with Crippen molar-refractivity contribution in [2.24, 2.45) is 0 Å². The molecule has 6 heteroatoms. The molecule has 2 nitrogen and oxygen atoms in total. The molecule has 0 amide bonds. The van der Waals surface area contributed by atoms with Crippen molar-refractivity contribution in [3.63, 3.8) is 0 Å². The van der Waals surface area contributed by atoms with E-state index < -0.39 is 23.5 Å². The Labute approximate surface area is 74.7 Å². The number of aromatic nitrogens is 1. The van der Waals surface area contributed by atoms with Crippen LogP contribution in [0.4, 0.5) is 18.9 Å². The standard InChI is InChI=1S/C6H4BrF3N2/c7-5-3(8)4(11)2(1-12-5)6(9)10/h1,6H,(H2,11,12). The van der Waals surface area contributed by atoms with Crippen molar-refractivity contribution in [2.75, 3.05) is 5.73 Å². The van der Waals surface area contributed by atoms with Gasteiger partial charge in [-0.25, -0.2) is 18.2 Å². The lowest BCUT2D eigenvalue weighted by molar-refractivity contribution is 0.151. The molecule has 2 N–H and O–H groups in total. The number of anilines is 1. The molecule has 0 aliphatic carbocycles. The largest absolute Gasteiger partial charge is 0.396 e. The third-order valence-electron chi connectivity index (χ3n) is 1.28. The normalized spacial score (nSPS) is 10.8. The highest BCUT2D eigenvalue weighted by Crippen LogP contribution is 2.28. The Morgan fingerprint density at radius 3 is 2.58 bits per heavy atom. The predicted molar refractivity (Wildman–Crippen MR) is 41.3 cm³/mol. The molecule has 1 aromatic heterocycles. The second-order valence-electron chi connectivity index (χ2n) is 2.03. The van der Waals surface area contributed by atoms with E-state index in [1.54, 1.807) is 0 Å². The SMILES string of the molecule is Nc1c(C(F)F)cnc(Br)c1F. The molecular weight excluding hydrogens is 237 g/mol. The second kappa shape index (κ2) is 3.30. The van der Waals surface area contributed by atoms with Gasteiger partial charge in [0.15, 0.2) is 5.82 Å². The molecule has 0 atom stereocenters. The maximum Gasteiger partial charge on any atom is 0.267 e. The minimum Gasteiger partial charge on any atom is -0.396 e. The molecule has 0 aliphatic heterocycles. The Morgan fingerprint density at radius 1 is 1.50 bits per heavy atom. The van der Waals surface area contributed by atoms with E-state index in [2.05, 4.69) is 20.9 Å². The van der Waals surface area contributed by atoms with E-state index in [4.69, 9.17) is 5.73 Å². The van der Waals surface area contributed by atoms with Crippen LogP contribution in [0.5, 0.6) is 0 Å². The summed E-state index contributed by atoms with van der Waals surface area (Å²) in [5.41, 5.74) is 3.91. The lowest BCUT2D eigenvalue weighted by Gasteiger charge is -2.04. The lowest BCUT2D eigenvalue weighted by atomic mass is 10.2. The van der Waals surface area contributed by atoms with Crippen LogP contribution in [0.25, 0.3) is 0 Å². The minimum absolute atomic E-state index is 0.163. The Morgan fingerprint density at radius 2 is 2.08 bits per heavy atom. The number of hydrogen-bond donors (Lipinski definition) is 1. The highest BCUT2D eigenvalue weighted by Gasteiger charge is 2.16. The molecule has 0 radical (unpaired) electrons. The Balaban J connectivity index is 3.27. The lowest BCUT2D eigenvalue weighted by Crippen LogP contribution is -2.00. The summed E-state index contributed by atoms with van der Waals surface area (Å²) in [6, 6.07) is 0. The summed E-state index contributed by atoms with van der Waals surface area (Å²) in [6.45, 7) is 0. The first-order chi connectivity index (χ1) is 5.54. The Hall–Kier alpha value is -0.780. The van der Waals surface area contributed by atoms with Gasteiger partial charge in [0.25, 0.3) is 6.43 Å². The molecule has 0 unspecified atom stereocenters. The third kappa shape index (κ3) is 1.52. The van der Waals surface area contributed by atoms with Crippen LogP contribution in [0.3, 0.4) is 0 Å². The van der Waals surface area contributed by atoms with Gasteiger partial charge in [-0.3, -0.25) is 0 Å². The molecule has 1 heterocycles. The predicted octanol–water partition coefficient (Wildman–Crippen LogP) is 2.50. The number of rotatable bonds is 1. The molecule has 1 rings (SSSR count). The van der Waals surface area contributed by atoms with Crippen LogP contribution < -0.4 is 5.73 Å². The van der Waals surface area contributed by atoms with Gasteiger partial charge in [-0.05, 0) is 15.9 Å². The van der Waals surface area contributed by atoms with E-state index in [1.165, 1.54) is 0 Å². The molecule has 0 aliphatic rings. The number of pyridine rings is 1. The topological polar surface area (TPSA) is 38.9 Å². The monoisotopic (exact) mass is 240 g/mol. The minimum atomic E-state index is -2.81. The summed E-state index contributed by atoms with van der Waals surface area (Å²) >= 11 is 2.72. The molecule has 0 spiro atoms. The first kappa shape index (κ1) is 9.31. The Kier molecular flexibility index (Phi) is 2.56. The van der Waals surface area contributed by atoms with Crippen molar-refractivity contribution in [1.82, 2.24) is 4.98 Å². The maximum atomic E-state index is 12.8. The van der Waals surface area contributed by atoms with Crippen molar-refractivity contribution >= 4 is 21.6 Å². The highest BCUT2D eigenvalue weighted by atomic mass is 79.9. The summed E-state index contributed by atoms with van der Waals surface area (Å²) in [7, 11) is 0. The summed E-state index contributed by atoms with van der Waals surface area (Å²) in [5, 5.41) is 0. The van der Waals surface area contributed by atoms with Crippen molar-refractivity contribution in [3.05, 3.63) is 22.2 Å². The van der Waals surface area contributed by atoms with Crippen LogP contribution in [0.15, 0.2) is 10.8 Å². The average Bonchev–Trinajstić information content (AvgIpc) is 2.00. The fraction of sp³-hybridized carbons (Fsp3) is 0.167. The van der Waals surface area contributed by atoms with Gasteiger partial charge in [-0.2, -0.15) is 0 Å². The zero-order chi connectivity index (χ0) is 9.30.